The van der Waals surface area contributed by atoms with E-state index in [2.05, 4.69) is 43.5 Å². The maximum atomic E-state index is 13.2. The predicted octanol–water partition coefficient (Wildman–Crippen LogP) is 1.16. The Hall–Kier alpha value is -3.61. The highest BCUT2D eigenvalue weighted by Gasteiger charge is 2.48. The van der Waals surface area contributed by atoms with E-state index in [-0.39, 0.29) is 25.3 Å². The van der Waals surface area contributed by atoms with Crippen LogP contribution in [-0.4, -0.2) is 61.7 Å². The van der Waals surface area contributed by atoms with Crippen molar-refractivity contribution in [3.8, 4) is 5.82 Å². The molecular weight excluding hydrogens is 465 g/mol. The number of rotatable bonds is 7. The van der Waals surface area contributed by atoms with Crippen molar-refractivity contribution >= 4 is 17.5 Å². The molecular formula is C24H30FN9O2. The number of nitrogens with one attached hydrogen (secondary N) is 4. The summed E-state index contributed by atoms with van der Waals surface area (Å²) in [5.41, 5.74) is 6.63. The Morgan fingerprint density at radius 3 is 2.69 bits per heavy atom. The second kappa shape index (κ2) is 9.45. The van der Waals surface area contributed by atoms with E-state index in [0.717, 1.165) is 29.6 Å². The molecule has 1 amide bonds. The maximum absolute atomic E-state index is 13.2. The summed E-state index contributed by atoms with van der Waals surface area (Å²) >= 11 is 0. The molecule has 0 aromatic carbocycles. The summed E-state index contributed by atoms with van der Waals surface area (Å²) < 4.78 is 14.5. The second-order valence-corrected chi connectivity index (χ2v) is 9.65. The third kappa shape index (κ3) is 5.01. The van der Waals surface area contributed by atoms with Gasteiger partial charge in [-0.1, -0.05) is 6.07 Å². The van der Waals surface area contributed by atoms with Crippen molar-refractivity contribution in [3.63, 3.8) is 0 Å². The van der Waals surface area contributed by atoms with Crippen LogP contribution in [0.1, 0.15) is 37.4 Å². The second-order valence-electron chi connectivity index (χ2n) is 9.65. The molecule has 0 saturated carbocycles. The summed E-state index contributed by atoms with van der Waals surface area (Å²) in [6.45, 7) is 6.19. The number of nitrogens with zero attached hydrogens (tertiary/aromatic N) is 5. The van der Waals surface area contributed by atoms with E-state index in [9.17, 15) is 14.3 Å². The van der Waals surface area contributed by atoms with Crippen LogP contribution in [0.15, 0.2) is 42.9 Å². The van der Waals surface area contributed by atoms with Crippen LogP contribution in [0.4, 0.5) is 16.0 Å². The molecule has 0 radical (unpaired) electrons. The number of amides is 1. The molecule has 11 nitrogen and oxygen atoms in total. The van der Waals surface area contributed by atoms with Gasteiger partial charge < -0.3 is 20.6 Å². The molecule has 5 heterocycles. The Bertz CT molecular complexity index is 1240. The van der Waals surface area contributed by atoms with Gasteiger partial charge in [0.05, 0.1) is 37.7 Å². The average Bonchev–Trinajstić information content (AvgIpc) is 3.44. The summed E-state index contributed by atoms with van der Waals surface area (Å²) in [4.78, 5) is 23.7. The van der Waals surface area contributed by atoms with Gasteiger partial charge in [0.25, 0.3) is 5.91 Å². The monoisotopic (exact) mass is 495 g/mol. The number of halogens is 1. The van der Waals surface area contributed by atoms with Crippen molar-refractivity contribution in [2.24, 2.45) is 0 Å². The lowest BCUT2D eigenvalue weighted by molar-refractivity contribution is -0.143. The summed E-state index contributed by atoms with van der Waals surface area (Å²) in [6.07, 6.45) is 4.93. The summed E-state index contributed by atoms with van der Waals surface area (Å²) in [7, 11) is 0. The fraction of sp³-hybridized carbons (Fsp3) is 0.417. The minimum absolute atomic E-state index is 0.0759. The number of β-amino-alcohol motifs (C(OH)–C–C–N with tert-alkyl or cyclic N) is 1. The molecule has 0 aliphatic carbocycles. The van der Waals surface area contributed by atoms with Gasteiger partial charge in [-0.15, -0.1) is 0 Å². The van der Waals surface area contributed by atoms with Gasteiger partial charge in [0.1, 0.15) is 11.6 Å². The Labute approximate surface area is 208 Å². The summed E-state index contributed by atoms with van der Waals surface area (Å²) in [6, 6.07) is 7.37. The first-order chi connectivity index (χ1) is 17.2. The SMILES string of the molecule is Cc1cc(NC2CC(C)NN2)nc(N2CC(O)(C(=O)N[C@@H](C)c3ccc(-n4cc(F)cn4)nc3)C2)c1. The van der Waals surface area contributed by atoms with Crippen LogP contribution in [0.5, 0.6) is 0 Å². The van der Waals surface area contributed by atoms with Crippen LogP contribution < -0.4 is 26.4 Å². The summed E-state index contributed by atoms with van der Waals surface area (Å²) in [5, 5.41) is 21.0. The number of hydrogen-bond donors (Lipinski definition) is 5. The van der Waals surface area contributed by atoms with E-state index in [1.807, 2.05) is 30.9 Å². The lowest BCUT2D eigenvalue weighted by atomic mass is 9.92. The van der Waals surface area contributed by atoms with Crippen LogP contribution in [-0.2, 0) is 4.79 Å². The quantitative estimate of drug-likeness (QED) is 0.328. The molecule has 2 fully saturated rings. The highest BCUT2D eigenvalue weighted by atomic mass is 19.1. The molecule has 36 heavy (non-hydrogen) atoms. The standard InChI is InChI=1S/C24H30FN9O2/c1-14-6-19(29-20-8-15(2)31-32-20)30-22(7-14)33-12-24(36,13-33)23(35)28-16(3)17-4-5-21(26-9-17)34-11-18(25)10-27-34/h4-7,9-11,15-16,20,31-32,36H,8,12-13H2,1-3H3,(H,28,35)(H,29,30)/t15?,16-,20?/m0/s1. The molecule has 12 heteroatoms. The molecule has 2 unspecified atom stereocenters. The minimum atomic E-state index is -1.51. The van der Waals surface area contributed by atoms with E-state index in [1.165, 1.54) is 10.9 Å². The Kier molecular flexibility index (Phi) is 6.33. The predicted molar refractivity (Wildman–Crippen MR) is 132 cm³/mol. The van der Waals surface area contributed by atoms with Gasteiger partial charge in [0.2, 0.25) is 0 Å². The number of aryl methyl sites for hydroxylation is 1. The highest BCUT2D eigenvalue weighted by molar-refractivity contribution is 5.89. The molecule has 0 bridgehead atoms. The first kappa shape index (κ1) is 24.1. The van der Waals surface area contributed by atoms with Gasteiger partial charge in [-0.25, -0.2) is 24.5 Å². The number of carbonyl (C=O) groups excluding carboxylic acids is 1. The van der Waals surface area contributed by atoms with Gasteiger partial charge in [-0.3, -0.25) is 10.2 Å². The molecule has 0 spiro atoms. The van der Waals surface area contributed by atoms with Crippen molar-refractivity contribution < 1.29 is 14.3 Å². The van der Waals surface area contributed by atoms with Gasteiger partial charge >= 0.3 is 0 Å². The number of carbonyl (C=O) groups is 1. The first-order valence-electron chi connectivity index (χ1n) is 11.9. The topological polar surface area (TPSA) is 132 Å². The van der Waals surface area contributed by atoms with Gasteiger partial charge in [0, 0.05) is 12.2 Å². The fourth-order valence-corrected chi connectivity index (χ4v) is 4.39. The van der Waals surface area contributed by atoms with Gasteiger partial charge in [-0.05, 0) is 56.5 Å². The third-order valence-corrected chi connectivity index (χ3v) is 6.43. The molecule has 5 rings (SSSR count). The lowest BCUT2D eigenvalue weighted by Crippen LogP contribution is -2.69. The van der Waals surface area contributed by atoms with Crippen LogP contribution in [0.3, 0.4) is 0 Å². The zero-order chi connectivity index (χ0) is 25.4. The highest BCUT2D eigenvalue weighted by Crippen LogP contribution is 2.29. The zero-order valence-corrected chi connectivity index (χ0v) is 20.4. The maximum Gasteiger partial charge on any atom is 0.256 e. The minimum Gasteiger partial charge on any atom is -0.377 e. The van der Waals surface area contributed by atoms with Crippen molar-refractivity contribution in [2.75, 3.05) is 23.3 Å². The summed E-state index contributed by atoms with van der Waals surface area (Å²) in [5.74, 6) is 1.00. The molecule has 3 aromatic heterocycles. The number of anilines is 2. The van der Waals surface area contributed by atoms with Crippen LogP contribution in [0.2, 0.25) is 0 Å². The first-order valence-corrected chi connectivity index (χ1v) is 11.9. The zero-order valence-electron chi connectivity index (χ0n) is 20.4. The number of aromatic nitrogens is 4. The van der Waals surface area contributed by atoms with E-state index < -0.39 is 17.3 Å². The van der Waals surface area contributed by atoms with Crippen molar-refractivity contribution in [1.82, 2.24) is 35.9 Å². The molecule has 5 N–H and O–H groups in total. The number of aliphatic hydroxyl groups is 1. The van der Waals surface area contributed by atoms with Crippen LogP contribution in [0, 0.1) is 12.7 Å². The smallest absolute Gasteiger partial charge is 0.256 e. The van der Waals surface area contributed by atoms with E-state index in [1.54, 1.807) is 18.3 Å². The van der Waals surface area contributed by atoms with Crippen molar-refractivity contribution in [3.05, 3.63) is 59.8 Å². The molecule has 2 aliphatic rings. The Morgan fingerprint density at radius 2 is 2.06 bits per heavy atom. The van der Waals surface area contributed by atoms with E-state index in [0.29, 0.717) is 17.7 Å². The lowest BCUT2D eigenvalue weighted by Gasteiger charge is -2.46. The number of pyridine rings is 2. The van der Waals surface area contributed by atoms with Crippen LogP contribution >= 0.6 is 0 Å². The molecule has 2 saturated heterocycles. The molecule has 190 valence electrons. The van der Waals surface area contributed by atoms with Crippen molar-refractivity contribution in [1.29, 1.82) is 0 Å². The molecule has 2 aliphatic heterocycles. The van der Waals surface area contributed by atoms with E-state index in [4.69, 9.17) is 0 Å². The van der Waals surface area contributed by atoms with Crippen LogP contribution in [0.25, 0.3) is 5.82 Å². The average molecular weight is 496 g/mol. The fourth-order valence-electron chi connectivity index (χ4n) is 4.39. The number of hydrazine groups is 1. The molecule has 3 atom stereocenters. The third-order valence-electron chi connectivity index (χ3n) is 6.43. The van der Waals surface area contributed by atoms with E-state index >= 15 is 0 Å². The normalized spacial score (nSPS) is 21.6. The van der Waals surface area contributed by atoms with Gasteiger partial charge in [0.15, 0.2) is 17.2 Å². The molecule has 3 aromatic rings. The largest absolute Gasteiger partial charge is 0.377 e. The van der Waals surface area contributed by atoms with Crippen molar-refractivity contribution in [2.45, 2.75) is 51.0 Å². The van der Waals surface area contributed by atoms with Gasteiger partial charge in [-0.2, -0.15) is 5.10 Å². The number of hydrogen-bond acceptors (Lipinski definition) is 9. The Morgan fingerprint density at radius 1 is 1.25 bits per heavy atom. The Balaban J connectivity index is 1.18.